The van der Waals surface area contributed by atoms with Gasteiger partial charge in [0.05, 0.1) is 17.2 Å². The summed E-state index contributed by atoms with van der Waals surface area (Å²) in [5.41, 5.74) is 2.24. The zero-order chi connectivity index (χ0) is 15.2. The van der Waals surface area contributed by atoms with E-state index in [0.29, 0.717) is 18.0 Å². The normalized spacial score (nSPS) is 10.4. The van der Waals surface area contributed by atoms with Crippen molar-refractivity contribution in [2.45, 2.75) is 26.8 Å². The highest BCUT2D eigenvalue weighted by Crippen LogP contribution is 2.24. The van der Waals surface area contributed by atoms with Crippen LogP contribution in [-0.2, 0) is 6.54 Å². The summed E-state index contributed by atoms with van der Waals surface area (Å²) in [6, 6.07) is 6.69. The Morgan fingerprint density at radius 1 is 1.24 bits per heavy atom. The average Bonchev–Trinajstić information content (AvgIpc) is 2.88. The number of nitro benzene ring substituents is 1. The Kier molecular flexibility index (Phi) is 4.76. The second-order valence-corrected chi connectivity index (χ2v) is 4.74. The third-order valence-corrected chi connectivity index (χ3v) is 2.85. The topological polar surface area (TPSA) is 93.2 Å². The molecule has 0 amide bonds. The quantitative estimate of drug-likeness (QED) is 0.600. The van der Waals surface area contributed by atoms with E-state index in [1.807, 2.05) is 26.0 Å². The van der Waals surface area contributed by atoms with Crippen LogP contribution in [0.2, 0.25) is 0 Å². The van der Waals surface area contributed by atoms with Crippen molar-refractivity contribution in [2.24, 2.45) is 0 Å². The van der Waals surface area contributed by atoms with Gasteiger partial charge in [-0.3, -0.25) is 10.1 Å². The molecule has 0 fully saturated rings. The Bertz CT molecular complexity index is 624. The number of rotatable bonds is 7. The fourth-order valence-electron chi connectivity index (χ4n) is 1.88. The maximum absolute atomic E-state index is 11.0. The number of benzene rings is 1. The van der Waals surface area contributed by atoms with E-state index in [4.69, 9.17) is 4.52 Å². The molecular weight excluding hydrogens is 272 g/mol. The number of nitrogens with zero attached hydrogens (tertiary/aromatic N) is 2. The molecular formula is C14H18N4O3. The Morgan fingerprint density at radius 3 is 2.52 bits per heavy atom. The molecule has 0 atom stereocenters. The van der Waals surface area contributed by atoms with Crippen molar-refractivity contribution in [1.82, 2.24) is 5.16 Å². The fraction of sp³-hybridized carbons (Fsp3) is 0.357. The van der Waals surface area contributed by atoms with E-state index in [9.17, 15) is 10.1 Å². The van der Waals surface area contributed by atoms with Gasteiger partial charge in [0, 0.05) is 36.1 Å². The summed E-state index contributed by atoms with van der Waals surface area (Å²) in [5, 5.41) is 21.0. The molecule has 0 unspecified atom stereocenters. The number of aromatic nitrogens is 1. The van der Waals surface area contributed by atoms with Crippen LogP contribution < -0.4 is 10.6 Å². The highest BCUT2D eigenvalue weighted by molar-refractivity contribution is 5.63. The van der Waals surface area contributed by atoms with Crippen LogP contribution in [0.5, 0.6) is 0 Å². The van der Waals surface area contributed by atoms with E-state index in [1.165, 1.54) is 12.1 Å². The minimum Gasteiger partial charge on any atom is -0.385 e. The van der Waals surface area contributed by atoms with Crippen LogP contribution in [0.25, 0.3) is 0 Å². The minimum absolute atomic E-state index is 0.0485. The van der Waals surface area contributed by atoms with Gasteiger partial charge in [-0.15, -0.1) is 0 Å². The number of non-ortho nitro benzene ring substituents is 1. The summed E-state index contributed by atoms with van der Waals surface area (Å²) in [4.78, 5) is 10.6. The van der Waals surface area contributed by atoms with Crippen molar-refractivity contribution in [1.29, 1.82) is 0 Å². The van der Waals surface area contributed by atoms with Crippen LogP contribution in [0.3, 0.4) is 0 Å². The second-order valence-electron chi connectivity index (χ2n) is 4.74. The lowest BCUT2D eigenvalue weighted by Gasteiger charge is -2.09. The van der Waals surface area contributed by atoms with E-state index in [-0.39, 0.29) is 5.69 Å². The lowest BCUT2D eigenvalue weighted by molar-refractivity contribution is -0.384. The van der Waals surface area contributed by atoms with Crippen molar-refractivity contribution in [2.75, 3.05) is 17.2 Å². The number of hydrogen-bond acceptors (Lipinski definition) is 6. The molecule has 1 heterocycles. The number of nitrogens with one attached hydrogen (secondary N) is 2. The first kappa shape index (κ1) is 14.8. The van der Waals surface area contributed by atoms with Crippen LogP contribution in [0.15, 0.2) is 28.8 Å². The second kappa shape index (κ2) is 6.74. The molecule has 2 N–H and O–H groups in total. The summed E-state index contributed by atoms with van der Waals surface area (Å²) in [6.07, 6.45) is 0.947. The molecule has 7 nitrogen and oxygen atoms in total. The molecule has 1 aromatic heterocycles. The van der Waals surface area contributed by atoms with E-state index in [0.717, 1.165) is 24.3 Å². The molecule has 7 heteroatoms. The van der Waals surface area contributed by atoms with Gasteiger partial charge < -0.3 is 15.2 Å². The molecule has 0 spiro atoms. The molecule has 1 aromatic carbocycles. The summed E-state index contributed by atoms with van der Waals surface area (Å²) in [7, 11) is 0. The summed E-state index contributed by atoms with van der Waals surface area (Å²) in [5.74, 6) is 0.682. The van der Waals surface area contributed by atoms with Crippen LogP contribution >= 0.6 is 0 Å². The number of aryl methyl sites for hydroxylation is 1. The zero-order valence-corrected chi connectivity index (χ0v) is 12.0. The molecule has 0 aliphatic carbocycles. The third-order valence-electron chi connectivity index (χ3n) is 2.85. The number of anilines is 2. The Hall–Kier alpha value is -2.57. The third kappa shape index (κ3) is 4.20. The highest BCUT2D eigenvalue weighted by Gasteiger charge is 2.10. The lowest BCUT2D eigenvalue weighted by Crippen LogP contribution is -2.03. The summed E-state index contributed by atoms with van der Waals surface area (Å²) >= 11 is 0. The molecule has 21 heavy (non-hydrogen) atoms. The van der Waals surface area contributed by atoms with E-state index >= 15 is 0 Å². The standard InChI is InChI=1S/C14H18N4O3/c1-3-4-15-11-6-12(8-13(7-11)18(19)20)16-9-14-5-10(2)17-21-14/h5-8,15-16H,3-4,9H2,1-2H3. The Balaban J connectivity index is 2.12. The average molecular weight is 290 g/mol. The molecule has 2 rings (SSSR count). The SMILES string of the molecule is CCCNc1cc(NCc2cc(C)no2)cc([N+](=O)[O-])c1. The Morgan fingerprint density at radius 2 is 1.95 bits per heavy atom. The fourth-order valence-corrected chi connectivity index (χ4v) is 1.88. The monoisotopic (exact) mass is 290 g/mol. The predicted molar refractivity (Wildman–Crippen MR) is 80.4 cm³/mol. The smallest absolute Gasteiger partial charge is 0.273 e. The lowest BCUT2D eigenvalue weighted by atomic mass is 10.2. The summed E-state index contributed by atoms with van der Waals surface area (Å²) < 4.78 is 5.10. The molecule has 2 aromatic rings. The van der Waals surface area contributed by atoms with Crippen molar-refractivity contribution >= 4 is 17.1 Å². The van der Waals surface area contributed by atoms with Crippen LogP contribution in [-0.4, -0.2) is 16.6 Å². The van der Waals surface area contributed by atoms with Crippen LogP contribution in [0.1, 0.15) is 24.8 Å². The maximum atomic E-state index is 11.0. The van der Waals surface area contributed by atoms with Crippen LogP contribution in [0, 0.1) is 17.0 Å². The molecule has 0 saturated carbocycles. The van der Waals surface area contributed by atoms with Gasteiger partial charge >= 0.3 is 0 Å². The molecule has 0 bridgehead atoms. The first-order valence-electron chi connectivity index (χ1n) is 6.78. The van der Waals surface area contributed by atoms with E-state index in [1.54, 1.807) is 0 Å². The molecule has 0 aliphatic rings. The molecule has 0 saturated heterocycles. The first-order chi connectivity index (χ1) is 10.1. The van der Waals surface area contributed by atoms with Gasteiger partial charge in [0.1, 0.15) is 0 Å². The Labute approximate surface area is 122 Å². The largest absolute Gasteiger partial charge is 0.385 e. The molecule has 112 valence electrons. The van der Waals surface area contributed by atoms with E-state index in [2.05, 4.69) is 15.8 Å². The van der Waals surface area contributed by atoms with Crippen molar-refractivity contribution in [3.05, 3.63) is 45.8 Å². The van der Waals surface area contributed by atoms with Gasteiger partial charge in [-0.05, 0) is 19.4 Å². The summed E-state index contributed by atoms with van der Waals surface area (Å²) in [6.45, 7) is 5.07. The van der Waals surface area contributed by atoms with Gasteiger partial charge in [-0.25, -0.2) is 0 Å². The van der Waals surface area contributed by atoms with Crippen molar-refractivity contribution in [3.8, 4) is 0 Å². The van der Waals surface area contributed by atoms with Gasteiger partial charge in [0.2, 0.25) is 0 Å². The first-order valence-corrected chi connectivity index (χ1v) is 6.78. The van der Waals surface area contributed by atoms with Gasteiger partial charge in [-0.2, -0.15) is 0 Å². The van der Waals surface area contributed by atoms with Crippen molar-refractivity contribution < 1.29 is 9.45 Å². The predicted octanol–water partition coefficient (Wildman–Crippen LogP) is 3.33. The van der Waals surface area contributed by atoms with Crippen molar-refractivity contribution in [3.63, 3.8) is 0 Å². The molecule has 0 radical (unpaired) electrons. The van der Waals surface area contributed by atoms with Gasteiger partial charge in [-0.1, -0.05) is 12.1 Å². The number of hydrogen-bond donors (Lipinski definition) is 2. The van der Waals surface area contributed by atoms with Crippen LogP contribution in [0.4, 0.5) is 17.1 Å². The molecule has 0 aliphatic heterocycles. The van der Waals surface area contributed by atoms with Gasteiger partial charge in [0.15, 0.2) is 5.76 Å². The maximum Gasteiger partial charge on any atom is 0.273 e. The van der Waals surface area contributed by atoms with E-state index < -0.39 is 4.92 Å². The zero-order valence-electron chi connectivity index (χ0n) is 12.0. The number of nitro groups is 1. The van der Waals surface area contributed by atoms with Gasteiger partial charge in [0.25, 0.3) is 5.69 Å². The highest BCUT2D eigenvalue weighted by atomic mass is 16.6. The minimum atomic E-state index is -0.402.